The van der Waals surface area contributed by atoms with Gasteiger partial charge in [-0.2, -0.15) is 0 Å². The molecule has 0 bridgehead atoms. The Bertz CT molecular complexity index is 696. The van der Waals surface area contributed by atoms with Crippen molar-refractivity contribution in [2.24, 2.45) is 0 Å². The SMILES string of the molecule is Cc1cc(Br)cc(NS(=O)(=O)c2cnccc2N)c1. The van der Waals surface area contributed by atoms with Crippen LogP contribution in [-0.2, 0) is 10.0 Å². The molecule has 0 atom stereocenters. The Morgan fingerprint density at radius 1 is 1.32 bits per heavy atom. The fourth-order valence-corrected chi connectivity index (χ4v) is 3.34. The molecule has 0 radical (unpaired) electrons. The highest BCUT2D eigenvalue weighted by Crippen LogP contribution is 2.23. The highest BCUT2D eigenvalue weighted by Gasteiger charge is 2.17. The maximum absolute atomic E-state index is 12.2. The van der Waals surface area contributed by atoms with Gasteiger partial charge in [-0.05, 0) is 36.8 Å². The van der Waals surface area contributed by atoms with Crippen LogP contribution in [0, 0.1) is 6.92 Å². The van der Waals surface area contributed by atoms with Gasteiger partial charge in [0.1, 0.15) is 4.90 Å². The van der Waals surface area contributed by atoms with E-state index in [1.54, 1.807) is 12.1 Å². The first-order valence-corrected chi connectivity index (χ1v) is 7.65. The molecule has 0 unspecified atom stereocenters. The summed E-state index contributed by atoms with van der Waals surface area (Å²) in [7, 11) is -3.74. The molecule has 1 aromatic heterocycles. The van der Waals surface area contributed by atoms with E-state index in [9.17, 15) is 8.42 Å². The molecule has 0 amide bonds. The number of aryl methyl sites for hydroxylation is 1. The molecule has 0 saturated heterocycles. The summed E-state index contributed by atoms with van der Waals surface area (Å²) in [5.74, 6) is 0. The molecule has 1 aromatic carbocycles. The van der Waals surface area contributed by atoms with Crippen LogP contribution < -0.4 is 10.5 Å². The molecular formula is C12H12BrN3O2S. The van der Waals surface area contributed by atoms with Crippen LogP contribution in [-0.4, -0.2) is 13.4 Å². The van der Waals surface area contributed by atoms with Gasteiger partial charge >= 0.3 is 0 Å². The van der Waals surface area contributed by atoms with E-state index in [2.05, 4.69) is 25.6 Å². The normalized spacial score (nSPS) is 11.3. The lowest BCUT2D eigenvalue weighted by Crippen LogP contribution is -2.15. The number of nitrogen functional groups attached to an aromatic ring is 1. The molecule has 3 N–H and O–H groups in total. The summed E-state index contributed by atoms with van der Waals surface area (Å²) in [6.45, 7) is 1.88. The molecule has 0 saturated carbocycles. The van der Waals surface area contributed by atoms with Crippen molar-refractivity contribution >= 4 is 37.3 Å². The number of nitrogens with one attached hydrogen (secondary N) is 1. The third kappa shape index (κ3) is 3.24. The Balaban J connectivity index is 2.39. The van der Waals surface area contributed by atoms with Crippen molar-refractivity contribution in [2.45, 2.75) is 11.8 Å². The van der Waals surface area contributed by atoms with Gasteiger partial charge in [-0.1, -0.05) is 15.9 Å². The number of benzene rings is 1. The topological polar surface area (TPSA) is 85.1 Å². The van der Waals surface area contributed by atoms with Crippen LogP contribution in [0.25, 0.3) is 0 Å². The number of anilines is 2. The largest absolute Gasteiger partial charge is 0.398 e. The van der Waals surface area contributed by atoms with Crippen LogP contribution in [0.5, 0.6) is 0 Å². The second kappa shape index (κ2) is 5.18. The molecule has 0 spiro atoms. The quantitative estimate of drug-likeness (QED) is 0.898. The van der Waals surface area contributed by atoms with Crippen LogP contribution in [0.15, 0.2) is 46.0 Å². The van der Waals surface area contributed by atoms with Gasteiger partial charge in [0.25, 0.3) is 10.0 Å². The van der Waals surface area contributed by atoms with E-state index in [0.717, 1.165) is 10.0 Å². The number of hydrogen-bond acceptors (Lipinski definition) is 4. The number of nitrogens with two attached hydrogens (primary N) is 1. The fraction of sp³-hybridized carbons (Fsp3) is 0.0833. The van der Waals surface area contributed by atoms with Gasteiger partial charge in [0, 0.05) is 16.9 Å². The monoisotopic (exact) mass is 341 g/mol. The van der Waals surface area contributed by atoms with Gasteiger partial charge in [0.2, 0.25) is 0 Å². The first kappa shape index (κ1) is 13.8. The van der Waals surface area contributed by atoms with Gasteiger partial charge in [-0.3, -0.25) is 9.71 Å². The van der Waals surface area contributed by atoms with Crippen molar-refractivity contribution in [3.63, 3.8) is 0 Å². The summed E-state index contributed by atoms with van der Waals surface area (Å²) in [5.41, 5.74) is 7.22. The van der Waals surface area contributed by atoms with E-state index in [4.69, 9.17) is 5.73 Å². The Morgan fingerprint density at radius 2 is 2.05 bits per heavy atom. The predicted molar refractivity (Wildman–Crippen MR) is 78.3 cm³/mol. The molecule has 7 heteroatoms. The zero-order valence-corrected chi connectivity index (χ0v) is 12.5. The molecule has 5 nitrogen and oxygen atoms in total. The van der Waals surface area contributed by atoms with Gasteiger partial charge in [0.15, 0.2) is 0 Å². The molecule has 0 aliphatic rings. The molecule has 1 heterocycles. The smallest absolute Gasteiger partial charge is 0.265 e. The maximum atomic E-state index is 12.2. The van der Waals surface area contributed by atoms with Crippen LogP contribution >= 0.6 is 15.9 Å². The lowest BCUT2D eigenvalue weighted by molar-refractivity contribution is 0.601. The lowest BCUT2D eigenvalue weighted by atomic mass is 10.2. The summed E-state index contributed by atoms with van der Waals surface area (Å²) in [5, 5.41) is 0. The Labute approximate surface area is 120 Å². The Kier molecular flexibility index (Phi) is 3.77. The van der Waals surface area contributed by atoms with Gasteiger partial charge in [-0.15, -0.1) is 0 Å². The molecule has 19 heavy (non-hydrogen) atoms. The molecule has 0 aliphatic heterocycles. The Hall–Kier alpha value is -1.60. The molecule has 100 valence electrons. The third-order valence-electron chi connectivity index (χ3n) is 2.40. The van der Waals surface area contributed by atoms with E-state index in [0.29, 0.717) is 5.69 Å². The van der Waals surface area contributed by atoms with Crippen molar-refractivity contribution in [2.75, 3.05) is 10.5 Å². The second-order valence-corrected chi connectivity index (χ2v) is 6.60. The zero-order valence-electron chi connectivity index (χ0n) is 10.1. The number of aromatic nitrogens is 1. The van der Waals surface area contributed by atoms with Crippen LogP contribution in [0.1, 0.15) is 5.56 Å². The lowest BCUT2D eigenvalue weighted by Gasteiger charge is -2.10. The molecule has 0 aliphatic carbocycles. The Morgan fingerprint density at radius 3 is 2.68 bits per heavy atom. The predicted octanol–water partition coefficient (Wildman–Crippen LogP) is 2.54. The summed E-state index contributed by atoms with van der Waals surface area (Å²) in [6.07, 6.45) is 2.67. The average molecular weight is 342 g/mol. The summed E-state index contributed by atoms with van der Waals surface area (Å²) in [4.78, 5) is 3.75. The standard InChI is InChI=1S/C12H12BrN3O2S/c1-8-4-9(13)6-10(5-8)16-19(17,18)12-7-15-3-2-11(12)14/h2-7,16H,1H3,(H2,14,15). The van der Waals surface area contributed by atoms with Crippen molar-refractivity contribution in [1.82, 2.24) is 4.98 Å². The number of pyridine rings is 1. The maximum Gasteiger partial charge on any atom is 0.265 e. The first-order chi connectivity index (χ1) is 8.88. The number of sulfonamides is 1. The first-order valence-electron chi connectivity index (χ1n) is 5.38. The molecular weight excluding hydrogens is 330 g/mol. The van der Waals surface area contributed by atoms with Crippen molar-refractivity contribution in [3.8, 4) is 0 Å². The number of hydrogen-bond donors (Lipinski definition) is 2. The van der Waals surface area contributed by atoms with Gasteiger partial charge < -0.3 is 5.73 Å². The van der Waals surface area contributed by atoms with Crippen molar-refractivity contribution < 1.29 is 8.42 Å². The third-order valence-corrected chi connectivity index (χ3v) is 4.28. The second-order valence-electron chi connectivity index (χ2n) is 4.04. The average Bonchev–Trinajstić information content (AvgIpc) is 2.26. The summed E-state index contributed by atoms with van der Waals surface area (Å²) in [6, 6.07) is 6.74. The van der Waals surface area contributed by atoms with E-state index >= 15 is 0 Å². The van der Waals surface area contributed by atoms with Crippen LogP contribution in [0.4, 0.5) is 11.4 Å². The van der Waals surface area contributed by atoms with E-state index in [-0.39, 0.29) is 10.6 Å². The zero-order chi connectivity index (χ0) is 14.0. The van der Waals surface area contributed by atoms with Gasteiger partial charge in [-0.25, -0.2) is 8.42 Å². The minimum atomic E-state index is -3.74. The molecule has 2 rings (SSSR count). The van der Waals surface area contributed by atoms with E-state index in [1.165, 1.54) is 18.5 Å². The number of halogens is 1. The highest BCUT2D eigenvalue weighted by atomic mass is 79.9. The van der Waals surface area contributed by atoms with Gasteiger partial charge in [0.05, 0.1) is 11.4 Å². The fourth-order valence-electron chi connectivity index (χ4n) is 1.62. The van der Waals surface area contributed by atoms with E-state index < -0.39 is 10.0 Å². The van der Waals surface area contributed by atoms with Crippen LogP contribution in [0.2, 0.25) is 0 Å². The minimum Gasteiger partial charge on any atom is -0.398 e. The number of nitrogens with zero attached hydrogens (tertiary/aromatic N) is 1. The summed E-state index contributed by atoms with van der Waals surface area (Å²) >= 11 is 3.32. The number of rotatable bonds is 3. The molecule has 0 fully saturated rings. The highest BCUT2D eigenvalue weighted by molar-refractivity contribution is 9.10. The minimum absolute atomic E-state index is 0.0346. The van der Waals surface area contributed by atoms with Crippen molar-refractivity contribution in [3.05, 3.63) is 46.7 Å². The van der Waals surface area contributed by atoms with Crippen LogP contribution in [0.3, 0.4) is 0 Å². The van der Waals surface area contributed by atoms with E-state index in [1.807, 2.05) is 13.0 Å². The molecule has 2 aromatic rings. The summed E-state index contributed by atoms with van der Waals surface area (Å²) < 4.78 is 27.7. The van der Waals surface area contributed by atoms with Crippen molar-refractivity contribution in [1.29, 1.82) is 0 Å².